The smallest absolute Gasteiger partial charge is 0.178 e. The summed E-state index contributed by atoms with van der Waals surface area (Å²) >= 11 is 5.55. The molecule has 1 aliphatic heterocycles. The fourth-order valence-electron chi connectivity index (χ4n) is 2.93. The van der Waals surface area contributed by atoms with Crippen LogP contribution in [0.4, 0.5) is 11.4 Å². The number of aliphatic hydroxyl groups is 1. The lowest BCUT2D eigenvalue weighted by Crippen LogP contribution is -2.48. The number of aliphatic hydroxyl groups excluding tert-OH is 1. The van der Waals surface area contributed by atoms with Gasteiger partial charge in [-0.25, -0.2) is 8.42 Å². The van der Waals surface area contributed by atoms with Gasteiger partial charge < -0.3 is 15.3 Å². The SMILES string of the molecule is Cc1ccc(NC(=S)N(c2ccccc2)[C@@H]2CS(=O)(=O)C[C@@H]2O)cc1. The van der Waals surface area contributed by atoms with Crippen LogP contribution in [-0.2, 0) is 9.84 Å². The molecular weight excluding hydrogens is 356 g/mol. The van der Waals surface area contributed by atoms with Crippen LogP contribution in [0.2, 0.25) is 0 Å². The molecule has 1 fully saturated rings. The monoisotopic (exact) mass is 376 g/mol. The Hall–Kier alpha value is -1.96. The molecule has 0 saturated carbocycles. The maximum absolute atomic E-state index is 12.0. The van der Waals surface area contributed by atoms with Crippen LogP contribution < -0.4 is 10.2 Å². The molecule has 132 valence electrons. The predicted molar refractivity (Wildman–Crippen MR) is 105 cm³/mol. The largest absolute Gasteiger partial charge is 0.390 e. The van der Waals surface area contributed by atoms with Crippen molar-refractivity contribution in [2.24, 2.45) is 0 Å². The van der Waals surface area contributed by atoms with Gasteiger partial charge in [-0.1, -0.05) is 35.9 Å². The van der Waals surface area contributed by atoms with Crippen molar-refractivity contribution in [1.82, 2.24) is 0 Å². The topological polar surface area (TPSA) is 69.6 Å². The van der Waals surface area contributed by atoms with E-state index < -0.39 is 22.0 Å². The molecule has 3 rings (SSSR count). The summed E-state index contributed by atoms with van der Waals surface area (Å²) in [6, 6.07) is 16.4. The molecule has 7 heteroatoms. The molecule has 0 unspecified atom stereocenters. The van der Waals surface area contributed by atoms with E-state index in [2.05, 4.69) is 5.32 Å². The lowest BCUT2D eigenvalue weighted by Gasteiger charge is -2.32. The second kappa shape index (κ2) is 7.11. The van der Waals surface area contributed by atoms with Crippen LogP contribution in [0, 0.1) is 6.92 Å². The molecule has 2 atom stereocenters. The number of benzene rings is 2. The van der Waals surface area contributed by atoms with Gasteiger partial charge in [-0.15, -0.1) is 0 Å². The van der Waals surface area contributed by atoms with Crippen LogP contribution >= 0.6 is 12.2 Å². The second-order valence-corrected chi connectivity index (χ2v) is 8.75. The highest BCUT2D eigenvalue weighted by Crippen LogP contribution is 2.26. The minimum absolute atomic E-state index is 0.126. The normalized spacial score (nSPS) is 21.7. The molecule has 25 heavy (non-hydrogen) atoms. The van der Waals surface area contributed by atoms with Crippen molar-refractivity contribution in [1.29, 1.82) is 0 Å². The average Bonchev–Trinajstić information content (AvgIpc) is 2.83. The zero-order valence-corrected chi connectivity index (χ0v) is 15.4. The quantitative estimate of drug-likeness (QED) is 0.802. The molecule has 2 aromatic rings. The van der Waals surface area contributed by atoms with Crippen LogP contribution in [0.15, 0.2) is 54.6 Å². The van der Waals surface area contributed by atoms with E-state index >= 15 is 0 Å². The summed E-state index contributed by atoms with van der Waals surface area (Å²) in [5.74, 6) is -0.368. The third-order valence-corrected chi connectivity index (χ3v) is 6.18. The summed E-state index contributed by atoms with van der Waals surface area (Å²) in [4.78, 5) is 1.70. The van der Waals surface area contributed by atoms with Gasteiger partial charge >= 0.3 is 0 Å². The fourth-order valence-corrected chi connectivity index (χ4v) is 5.05. The van der Waals surface area contributed by atoms with E-state index in [0.717, 1.165) is 16.9 Å². The Balaban J connectivity index is 1.91. The Morgan fingerprint density at radius 2 is 1.76 bits per heavy atom. The highest BCUT2D eigenvalue weighted by Gasteiger charge is 2.41. The molecule has 0 aliphatic carbocycles. The van der Waals surface area contributed by atoms with Crippen molar-refractivity contribution in [3.05, 3.63) is 60.2 Å². The zero-order chi connectivity index (χ0) is 18.0. The lowest BCUT2D eigenvalue weighted by atomic mass is 10.1. The van der Waals surface area contributed by atoms with Crippen molar-refractivity contribution in [2.75, 3.05) is 21.7 Å². The van der Waals surface area contributed by atoms with Crippen molar-refractivity contribution in [3.63, 3.8) is 0 Å². The number of nitrogens with one attached hydrogen (secondary N) is 1. The first kappa shape index (κ1) is 17.8. The number of aryl methyl sites for hydroxylation is 1. The number of nitrogens with zero attached hydrogens (tertiary/aromatic N) is 1. The Morgan fingerprint density at radius 3 is 2.32 bits per heavy atom. The maximum atomic E-state index is 12.0. The van der Waals surface area contributed by atoms with Crippen molar-refractivity contribution >= 4 is 38.5 Å². The molecule has 0 aromatic heterocycles. The first-order valence-electron chi connectivity index (χ1n) is 7.96. The van der Waals surface area contributed by atoms with Gasteiger partial charge in [0.1, 0.15) is 0 Å². The van der Waals surface area contributed by atoms with E-state index in [1.807, 2.05) is 61.5 Å². The third-order valence-electron chi connectivity index (χ3n) is 4.18. The standard InChI is InChI=1S/C18H20N2O3S2/c1-13-7-9-14(10-8-13)19-18(24)20(15-5-3-2-4-6-15)16-11-25(22,23)12-17(16)21/h2-10,16-17,21H,11-12H2,1H3,(H,19,24)/t16-,17+/m1/s1. The van der Waals surface area contributed by atoms with Gasteiger partial charge in [0.25, 0.3) is 0 Å². The molecule has 2 N–H and O–H groups in total. The van der Waals surface area contributed by atoms with Crippen molar-refractivity contribution < 1.29 is 13.5 Å². The van der Waals surface area contributed by atoms with Crippen molar-refractivity contribution in [3.8, 4) is 0 Å². The highest BCUT2D eigenvalue weighted by molar-refractivity contribution is 7.91. The first-order valence-corrected chi connectivity index (χ1v) is 10.2. The van der Waals surface area contributed by atoms with Crippen LogP contribution in [0.25, 0.3) is 0 Å². The molecule has 0 spiro atoms. The summed E-state index contributed by atoms with van der Waals surface area (Å²) < 4.78 is 23.9. The number of thiocarbonyl (C=S) groups is 1. The van der Waals surface area contributed by atoms with E-state index in [0.29, 0.717) is 5.11 Å². The molecule has 0 radical (unpaired) electrons. The molecule has 0 bridgehead atoms. The maximum Gasteiger partial charge on any atom is 0.178 e. The molecule has 1 saturated heterocycles. The second-order valence-electron chi connectivity index (χ2n) is 6.21. The summed E-state index contributed by atoms with van der Waals surface area (Å²) in [5.41, 5.74) is 2.69. The molecule has 0 amide bonds. The fraction of sp³-hybridized carbons (Fsp3) is 0.278. The zero-order valence-electron chi connectivity index (χ0n) is 13.8. The number of hydrogen-bond acceptors (Lipinski definition) is 4. The lowest BCUT2D eigenvalue weighted by molar-refractivity contribution is 0.184. The van der Waals surface area contributed by atoms with Gasteiger partial charge in [-0.05, 0) is 43.4 Å². The van der Waals surface area contributed by atoms with E-state index in [1.54, 1.807) is 4.90 Å². The van der Waals surface area contributed by atoms with E-state index in [1.165, 1.54) is 0 Å². The molecule has 2 aromatic carbocycles. The van der Waals surface area contributed by atoms with Gasteiger partial charge in [-0.2, -0.15) is 0 Å². The number of hydrogen-bond donors (Lipinski definition) is 2. The van der Waals surface area contributed by atoms with E-state index in [4.69, 9.17) is 12.2 Å². The number of para-hydroxylation sites is 1. The van der Waals surface area contributed by atoms with Crippen LogP contribution in [0.1, 0.15) is 5.56 Å². The Morgan fingerprint density at radius 1 is 1.12 bits per heavy atom. The van der Waals surface area contributed by atoms with Crippen LogP contribution in [-0.4, -0.2) is 42.3 Å². The van der Waals surface area contributed by atoms with Gasteiger partial charge in [-0.3, -0.25) is 0 Å². The molecular formula is C18H20N2O3S2. The minimum atomic E-state index is -3.29. The number of anilines is 2. The highest BCUT2D eigenvalue weighted by atomic mass is 32.2. The summed E-state index contributed by atoms with van der Waals surface area (Å²) in [6.45, 7) is 2.00. The minimum Gasteiger partial charge on any atom is -0.390 e. The van der Waals surface area contributed by atoms with Gasteiger partial charge in [0.2, 0.25) is 0 Å². The van der Waals surface area contributed by atoms with E-state index in [9.17, 15) is 13.5 Å². The van der Waals surface area contributed by atoms with Gasteiger partial charge in [0.15, 0.2) is 14.9 Å². The Labute approximate surface area is 153 Å². The number of rotatable bonds is 3. The number of sulfone groups is 1. The van der Waals surface area contributed by atoms with Crippen LogP contribution in [0.5, 0.6) is 0 Å². The summed E-state index contributed by atoms with van der Waals surface area (Å²) in [6.07, 6.45) is -0.983. The van der Waals surface area contributed by atoms with E-state index in [-0.39, 0.29) is 11.5 Å². The van der Waals surface area contributed by atoms with Gasteiger partial charge in [0, 0.05) is 11.4 Å². The van der Waals surface area contributed by atoms with Gasteiger partial charge in [0.05, 0.1) is 23.7 Å². The third kappa shape index (κ3) is 4.18. The Bertz CT molecular complexity index is 852. The van der Waals surface area contributed by atoms with Crippen LogP contribution in [0.3, 0.4) is 0 Å². The molecule has 1 aliphatic rings. The molecule has 1 heterocycles. The summed E-state index contributed by atoms with van der Waals surface area (Å²) in [5, 5.41) is 13.8. The predicted octanol–water partition coefficient (Wildman–Crippen LogP) is 2.36. The Kier molecular flexibility index (Phi) is 5.08. The summed E-state index contributed by atoms with van der Waals surface area (Å²) in [7, 11) is -3.29. The first-order chi connectivity index (χ1) is 11.9. The molecule has 5 nitrogen and oxygen atoms in total. The van der Waals surface area contributed by atoms with Crippen molar-refractivity contribution in [2.45, 2.75) is 19.1 Å². The average molecular weight is 377 g/mol.